The fraction of sp³-hybridized carbons (Fsp3) is 0.889. The number of fused-ring (bicyclic) bond motifs is 5. The van der Waals surface area contributed by atoms with E-state index in [9.17, 15) is 14.4 Å². The average Bonchev–Trinajstić information content (AvgIpc) is 3.09. The lowest BCUT2D eigenvalue weighted by atomic mass is 9.45. The van der Waals surface area contributed by atoms with Crippen molar-refractivity contribution in [3.63, 3.8) is 0 Å². The fourth-order valence-corrected chi connectivity index (χ4v) is 8.27. The van der Waals surface area contributed by atoms with Crippen LogP contribution in [0.2, 0.25) is 0 Å². The molecule has 0 bridgehead atoms. The van der Waals surface area contributed by atoms with Gasteiger partial charge in [0, 0.05) is 38.3 Å². The highest BCUT2D eigenvalue weighted by Gasteiger charge is 2.60. The van der Waals surface area contributed by atoms with Gasteiger partial charge in [-0.15, -0.1) is 0 Å². The van der Waals surface area contributed by atoms with Gasteiger partial charge < -0.3 is 10.6 Å². The first-order valence-electron chi connectivity index (χ1n) is 13.4. The molecule has 0 aromatic rings. The Kier molecular flexibility index (Phi) is 7.03. The molecule has 0 aliphatic heterocycles. The third kappa shape index (κ3) is 4.37. The Balaban J connectivity index is 1.34. The van der Waals surface area contributed by atoms with Crippen molar-refractivity contribution in [3.8, 4) is 0 Å². The van der Waals surface area contributed by atoms with Crippen LogP contribution in [0.5, 0.6) is 0 Å². The monoisotopic (exact) mass is 444 g/mol. The molecule has 0 aromatic heterocycles. The lowest BCUT2D eigenvalue weighted by Crippen LogP contribution is -2.56. The number of carbonyl (C=O) groups excluding carboxylic acids is 3. The van der Waals surface area contributed by atoms with E-state index in [1.54, 1.807) is 0 Å². The summed E-state index contributed by atoms with van der Waals surface area (Å²) in [7, 11) is 0. The summed E-state index contributed by atoms with van der Waals surface area (Å²) in [4.78, 5) is 36.7. The molecule has 5 heteroatoms. The summed E-state index contributed by atoms with van der Waals surface area (Å²) >= 11 is 0. The molecular weight excluding hydrogens is 400 g/mol. The predicted molar refractivity (Wildman–Crippen MR) is 126 cm³/mol. The van der Waals surface area contributed by atoms with Crippen LogP contribution in [-0.4, -0.2) is 30.2 Å². The van der Waals surface area contributed by atoms with Gasteiger partial charge in [-0.25, -0.2) is 0 Å². The smallest absolute Gasteiger partial charge is 0.220 e. The highest BCUT2D eigenvalue weighted by molar-refractivity contribution is 5.83. The minimum absolute atomic E-state index is 0.0133. The number of ketones is 1. The molecule has 0 spiro atoms. The second kappa shape index (κ2) is 9.46. The number of carbonyl (C=O) groups is 3. The standard InChI is InChI=1S/C27H44N2O3/c1-4-5-16-28-24(31)10-11-25(32)29-23-9-8-21-20-7-6-18-17-19(30)12-14-26(18,2)22(20)13-15-27(21,23)3/h18,20-23H,4-17H2,1-3H3,(H,28,31)(H,29,32)/t18-,20-,21-,22-,23-,26-,27-/m0/s1. The van der Waals surface area contributed by atoms with Crippen LogP contribution >= 0.6 is 0 Å². The van der Waals surface area contributed by atoms with Crippen molar-refractivity contribution in [2.75, 3.05) is 6.54 Å². The molecule has 180 valence electrons. The van der Waals surface area contributed by atoms with Crippen molar-refractivity contribution in [2.45, 2.75) is 110 Å². The zero-order chi connectivity index (χ0) is 22.9. The van der Waals surface area contributed by atoms with Crippen molar-refractivity contribution in [1.29, 1.82) is 0 Å². The summed E-state index contributed by atoms with van der Waals surface area (Å²) in [5.74, 6) is 3.26. The van der Waals surface area contributed by atoms with Gasteiger partial charge in [0.05, 0.1) is 0 Å². The van der Waals surface area contributed by atoms with E-state index < -0.39 is 0 Å². The van der Waals surface area contributed by atoms with Crippen LogP contribution in [0.4, 0.5) is 0 Å². The van der Waals surface area contributed by atoms with E-state index in [4.69, 9.17) is 0 Å². The number of amides is 2. The van der Waals surface area contributed by atoms with Gasteiger partial charge in [0.1, 0.15) is 5.78 Å². The van der Waals surface area contributed by atoms with Crippen LogP contribution in [0.3, 0.4) is 0 Å². The Morgan fingerprint density at radius 1 is 0.938 bits per heavy atom. The Hall–Kier alpha value is -1.39. The largest absolute Gasteiger partial charge is 0.356 e. The van der Waals surface area contributed by atoms with E-state index in [1.165, 1.54) is 32.1 Å². The number of hydrogen-bond acceptors (Lipinski definition) is 3. The molecule has 0 heterocycles. The fourth-order valence-electron chi connectivity index (χ4n) is 8.27. The predicted octanol–water partition coefficient (Wildman–Crippen LogP) is 4.78. The van der Waals surface area contributed by atoms with Crippen molar-refractivity contribution in [2.24, 2.45) is 34.5 Å². The molecule has 0 radical (unpaired) electrons. The number of rotatable bonds is 7. The second-order valence-electron chi connectivity index (χ2n) is 11.8. The number of Topliss-reactive ketones (excluding diaryl/α,β-unsaturated/α-hetero) is 1. The van der Waals surface area contributed by atoms with Crippen LogP contribution in [0, 0.1) is 34.5 Å². The minimum atomic E-state index is -0.0133. The van der Waals surface area contributed by atoms with Gasteiger partial charge in [-0.05, 0) is 85.9 Å². The van der Waals surface area contributed by atoms with E-state index in [2.05, 4.69) is 31.4 Å². The second-order valence-corrected chi connectivity index (χ2v) is 11.8. The Morgan fingerprint density at radius 3 is 2.47 bits per heavy atom. The maximum absolute atomic E-state index is 12.7. The molecular formula is C27H44N2O3. The molecule has 4 aliphatic rings. The molecule has 0 saturated heterocycles. The van der Waals surface area contributed by atoms with E-state index >= 15 is 0 Å². The molecule has 32 heavy (non-hydrogen) atoms. The van der Waals surface area contributed by atoms with E-state index in [0.29, 0.717) is 29.6 Å². The first-order chi connectivity index (χ1) is 15.3. The summed E-state index contributed by atoms with van der Waals surface area (Å²) in [6, 6.07) is 0.238. The van der Waals surface area contributed by atoms with Gasteiger partial charge in [0.2, 0.25) is 11.8 Å². The number of nitrogens with one attached hydrogen (secondary N) is 2. The average molecular weight is 445 g/mol. The van der Waals surface area contributed by atoms with Crippen LogP contribution in [0.15, 0.2) is 0 Å². The highest BCUT2D eigenvalue weighted by atomic mass is 16.2. The quantitative estimate of drug-likeness (QED) is 0.555. The molecule has 0 aromatic carbocycles. The van der Waals surface area contributed by atoms with E-state index in [0.717, 1.165) is 50.4 Å². The molecule has 2 amide bonds. The van der Waals surface area contributed by atoms with Crippen LogP contribution < -0.4 is 10.6 Å². The summed E-state index contributed by atoms with van der Waals surface area (Å²) in [5, 5.41) is 6.25. The maximum Gasteiger partial charge on any atom is 0.220 e. The number of unbranched alkanes of at least 4 members (excludes halogenated alkanes) is 1. The molecule has 2 N–H and O–H groups in total. The lowest BCUT2D eigenvalue weighted by molar-refractivity contribution is -0.139. The summed E-state index contributed by atoms with van der Waals surface area (Å²) in [6.07, 6.45) is 12.5. The SMILES string of the molecule is CCCCNC(=O)CCC(=O)N[C@H]1CC[C@H]2[C@@H]3CC[C@H]4CC(=O)CC[C@]4(C)[C@H]3CC[C@]12C. The highest BCUT2D eigenvalue weighted by Crippen LogP contribution is 2.65. The molecule has 5 nitrogen and oxygen atoms in total. The van der Waals surface area contributed by atoms with Gasteiger partial charge in [0.15, 0.2) is 0 Å². The molecule has 4 aliphatic carbocycles. The Morgan fingerprint density at radius 2 is 1.69 bits per heavy atom. The Labute approximate surface area is 194 Å². The first kappa shape index (κ1) is 23.8. The zero-order valence-corrected chi connectivity index (χ0v) is 20.5. The molecule has 4 fully saturated rings. The van der Waals surface area contributed by atoms with Gasteiger partial charge in [-0.1, -0.05) is 27.2 Å². The third-order valence-corrected chi connectivity index (χ3v) is 10.2. The van der Waals surface area contributed by atoms with Crippen molar-refractivity contribution in [1.82, 2.24) is 10.6 Å². The van der Waals surface area contributed by atoms with Crippen LogP contribution in [0.25, 0.3) is 0 Å². The van der Waals surface area contributed by atoms with Gasteiger partial charge >= 0.3 is 0 Å². The zero-order valence-electron chi connectivity index (χ0n) is 20.5. The summed E-state index contributed by atoms with van der Waals surface area (Å²) in [6.45, 7) is 7.71. The van der Waals surface area contributed by atoms with Crippen molar-refractivity contribution < 1.29 is 14.4 Å². The van der Waals surface area contributed by atoms with E-state index in [-0.39, 0.29) is 36.1 Å². The summed E-state index contributed by atoms with van der Waals surface area (Å²) in [5.41, 5.74) is 0.512. The minimum Gasteiger partial charge on any atom is -0.356 e. The maximum atomic E-state index is 12.7. The summed E-state index contributed by atoms with van der Waals surface area (Å²) < 4.78 is 0. The molecule has 7 atom stereocenters. The van der Waals surface area contributed by atoms with Crippen molar-refractivity contribution in [3.05, 3.63) is 0 Å². The third-order valence-electron chi connectivity index (χ3n) is 10.2. The van der Waals surface area contributed by atoms with E-state index in [1.807, 2.05) is 0 Å². The normalized spacial score (nSPS) is 40.7. The molecule has 0 unspecified atom stereocenters. The van der Waals surface area contributed by atoms with Crippen LogP contribution in [-0.2, 0) is 14.4 Å². The van der Waals surface area contributed by atoms with Crippen molar-refractivity contribution >= 4 is 17.6 Å². The van der Waals surface area contributed by atoms with Gasteiger partial charge in [-0.3, -0.25) is 14.4 Å². The van der Waals surface area contributed by atoms with Gasteiger partial charge in [-0.2, -0.15) is 0 Å². The number of hydrogen-bond donors (Lipinski definition) is 2. The Bertz CT molecular complexity index is 736. The topological polar surface area (TPSA) is 75.3 Å². The first-order valence-corrected chi connectivity index (χ1v) is 13.4. The lowest BCUT2D eigenvalue weighted by Gasteiger charge is -2.60. The molecule has 4 rings (SSSR count). The van der Waals surface area contributed by atoms with Crippen LogP contribution in [0.1, 0.15) is 104 Å². The van der Waals surface area contributed by atoms with Gasteiger partial charge in [0.25, 0.3) is 0 Å². The molecule has 4 saturated carbocycles.